The van der Waals surface area contributed by atoms with Crippen molar-refractivity contribution in [3.05, 3.63) is 5.75 Å². The Balaban J connectivity index is 3.03. The van der Waals surface area contributed by atoms with Crippen LogP contribution in [0, 0.1) is 5.75 Å². The molecule has 1 heteroatoms. The molecule has 0 aliphatic rings. The van der Waals surface area contributed by atoms with Crippen molar-refractivity contribution in [1.29, 1.82) is 0 Å². The van der Waals surface area contributed by atoms with Crippen LogP contribution in [0.1, 0.15) is 284 Å². The summed E-state index contributed by atoms with van der Waals surface area (Å²) in [6.07, 6.45) is 61.7. The number of hydrogen-bond donors (Lipinski definition) is 0. The number of thioether (sulfide) groups is 1. The Bertz CT molecular complexity index is 457. The van der Waals surface area contributed by atoms with E-state index in [0.717, 1.165) is 0 Å². The van der Waals surface area contributed by atoms with Gasteiger partial charge in [0, 0.05) is 5.75 Å². The molecule has 0 unspecified atom stereocenters. The standard InChI is InChI=1S/C46H93S/c1-3-5-7-9-11-13-15-17-19-21-22-23-24-25-26-27-28-29-30-32-34-36-38-40-42-44-46-47-45-43-41-39-37-35-33-31-20-18-16-14-12-10-8-6-4-2/h46H,3-45H2,1-2H3. The number of unbranched alkanes of at least 4 members (excludes halogenated alkanes) is 40. The zero-order chi connectivity index (χ0) is 33.8. The van der Waals surface area contributed by atoms with Gasteiger partial charge in [-0.15, -0.1) is 0 Å². The Morgan fingerprint density at radius 2 is 0.426 bits per heavy atom. The lowest BCUT2D eigenvalue weighted by Crippen LogP contribution is -1.85. The van der Waals surface area contributed by atoms with Gasteiger partial charge < -0.3 is 0 Å². The molecule has 0 aromatic carbocycles. The first-order valence-corrected chi connectivity index (χ1v) is 23.9. The van der Waals surface area contributed by atoms with E-state index in [4.69, 9.17) is 0 Å². The van der Waals surface area contributed by atoms with Gasteiger partial charge in [-0.05, 0) is 18.6 Å². The van der Waals surface area contributed by atoms with E-state index >= 15 is 0 Å². The fourth-order valence-electron chi connectivity index (χ4n) is 7.27. The average Bonchev–Trinajstić information content (AvgIpc) is 3.08. The van der Waals surface area contributed by atoms with E-state index in [1.807, 2.05) is 0 Å². The van der Waals surface area contributed by atoms with Gasteiger partial charge in [-0.1, -0.05) is 271 Å². The zero-order valence-electron chi connectivity index (χ0n) is 33.4. The summed E-state index contributed by atoms with van der Waals surface area (Å²) in [4.78, 5) is 0. The van der Waals surface area contributed by atoms with Crippen LogP contribution in [-0.2, 0) is 0 Å². The van der Waals surface area contributed by atoms with E-state index < -0.39 is 0 Å². The van der Waals surface area contributed by atoms with Crippen LogP contribution in [0.15, 0.2) is 0 Å². The maximum absolute atomic E-state index is 2.52. The topological polar surface area (TPSA) is 0 Å². The van der Waals surface area contributed by atoms with Crippen molar-refractivity contribution in [3.63, 3.8) is 0 Å². The van der Waals surface area contributed by atoms with Crippen LogP contribution in [0.2, 0.25) is 0 Å². The van der Waals surface area contributed by atoms with E-state index in [2.05, 4.69) is 31.4 Å². The second-order valence-corrected chi connectivity index (χ2v) is 16.7. The van der Waals surface area contributed by atoms with Crippen molar-refractivity contribution in [2.24, 2.45) is 0 Å². The van der Waals surface area contributed by atoms with E-state index in [-0.39, 0.29) is 0 Å². The fraction of sp³-hybridized carbons (Fsp3) is 0.978. The van der Waals surface area contributed by atoms with Crippen molar-refractivity contribution < 1.29 is 0 Å². The smallest absolute Gasteiger partial charge is 0.0166 e. The maximum Gasteiger partial charge on any atom is 0.0166 e. The third-order valence-electron chi connectivity index (χ3n) is 10.7. The van der Waals surface area contributed by atoms with E-state index in [0.29, 0.717) is 0 Å². The fourth-order valence-corrected chi connectivity index (χ4v) is 8.14. The molecule has 0 saturated heterocycles. The van der Waals surface area contributed by atoms with Gasteiger partial charge in [0.15, 0.2) is 0 Å². The molecule has 0 aliphatic heterocycles. The highest BCUT2D eigenvalue weighted by Crippen LogP contribution is 2.19. The molecule has 1 radical (unpaired) electrons. The Morgan fingerprint density at radius 1 is 0.234 bits per heavy atom. The predicted octanol–water partition coefficient (Wildman–Crippen LogP) is 18.3. The molecule has 0 nitrogen and oxygen atoms in total. The van der Waals surface area contributed by atoms with Crippen LogP contribution in [-0.4, -0.2) is 5.75 Å². The molecule has 0 atom stereocenters. The molecule has 0 rings (SSSR count). The quantitative estimate of drug-likeness (QED) is 0.0578. The first-order valence-electron chi connectivity index (χ1n) is 22.8. The summed E-state index contributed by atoms with van der Waals surface area (Å²) in [5.74, 6) is 3.88. The third-order valence-corrected chi connectivity index (χ3v) is 11.7. The second kappa shape index (κ2) is 46.4. The van der Waals surface area contributed by atoms with E-state index in [1.165, 1.54) is 275 Å². The molecule has 0 heterocycles. The largest absolute Gasteiger partial charge is 0.157 e. The maximum atomic E-state index is 2.52. The summed E-state index contributed by atoms with van der Waals surface area (Å²) in [6, 6.07) is 0. The van der Waals surface area contributed by atoms with Crippen LogP contribution in [0.25, 0.3) is 0 Å². The van der Waals surface area contributed by atoms with Gasteiger partial charge >= 0.3 is 0 Å². The summed E-state index contributed by atoms with van der Waals surface area (Å²) >= 11 is 2.11. The van der Waals surface area contributed by atoms with Gasteiger partial charge in [0.2, 0.25) is 0 Å². The molecule has 0 aromatic heterocycles. The first-order chi connectivity index (χ1) is 23.4. The molecule has 0 spiro atoms. The highest BCUT2D eigenvalue weighted by Gasteiger charge is 1.98. The SMILES string of the molecule is CCCCCCCCCCCCCCCCCCCCCCCCCCC[CH]SCCCCCCCCCCCCCCCCCC. The monoisotopic (exact) mass is 678 g/mol. The molecule has 47 heavy (non-hydrogen) atoms. The van der Waals surface area contributed by atoms with E-state index in [1.54, 1.807) is 0 Å². The van der Waals surface area contributed by atoms with Crippen LogP contribution in [0.3, 0.4) is 0 Å². The Labute approximate surface area is 305 Å². The molecule has 0 fully saturated rings. The van der Waals surface area contributed by atoms with Crippen molar-refractivity contribution in [3.8, 4) is 0 Å². The minimum absolute atomic E-state index is 1.34. The second-order valence-electron chi connectivity index (χ2n) is 15.6. The third kappa shape index (κ3) is 46.3. The molecule has 0 N–H and O–H groups in total. The minimum atomic E-state index is 1.34. The number of rotatable bonds is 44. The lowest BCUT2D eigenvalue weighted by molar-refractivity contribution is 0.516. The van der Waals surface area contributed by atoms with Crippen LogP contribution in [0.4, 0.5) is 0 Å². The predicted molar refractivity (Wildman–Crippen MR) is 222 cm³/mol. The highest BCUT2D eigenvalue weighted by molar-refractivity contribution is 8.01. The molecular formula is C46H93S. The van der Waals surface area contributed by atoms with Gasteiger partial charge in [-0.25, -0.2) is 0 Å². The summed E-state index contributed by atoms with van der Waals surface area (Å²) in [5, 5.41) is 0. The van der Waals surface area contributed by atoms with Gasteiger partial charge in [-0.3, -0.25) is 0 Å². The Kier molecular flexibility index (Phi) is 46.7. The Hall–Kier alpha value is 0.350. The van der Waals surface area contributed by atoms with Crippen LogP contribution < -0.4 is 0 Å². The molecule has 0 amide bonds. The molecule has 283 valence electrons. The summed E-state index contributed by atoms with van der Waals surface area (Å²) in [6.45, 7) is 4.62. The van der Waals surface area contributed by atoms with Crippen molar-refractivity contribution >= 4 is 11.8 Å². The average molecular weight is 678 g/mol. The Morgan fingerprint density at radius 3 is 0.660 bits per heavy atom. The minimum Gasteiger partial charge on any atom is -0.157 e. The normalized spacial score (nSPS) is 11.6. The number of hydrogen-bond acceptors (Lipinski definition) is 1. The molecule has 0 bridgehead atoms. The molecule has 0 aliphatic carbocycles. The van der Waals surface area contributed by atoms with Gasteiger partial charge in [0.1, 0.15) is 0 Å². The van der Waals surface area contributed by atoms with E-state index in [9.17, 15) is 0 Å². The lowest BCUT2D eigenvalue weighted by atomic mass is 10.0. The summed E-state index contributed by atoms with van der Waals surface area (Å²) in [7, 11) is 0. The van der Waals surface area contributed by atoms with Gasteiger partial charge in [0.05, 0.1) is 0 Å². The lowest BCUT2D eigenvalue weighted by Gasteiger charge is -2.05. The van der Waals surface area contributed by atoms with Crippen molar-refractivity contribution in [2.75, 3.05) is 5.75 Å². The van der Waals surface area contributed by atoms with Crippen molar-refractivity contribution in [2.45, 2.75) is 284 Å². The molecular weight excluding hydrogens is 585 g/mol. The van der Waals surface area contributed by atoms with Gasteiger partial charge in [0.25, 0.3) is 0 Å². The highest BCUT2D eigenvalue weighted by atomic mass is 32.2. The molecule has 0 aromatic rings. The molecule has 0 saturated carbocycles. The van der Waals surface area contributed by atoms with Gasteiger partial charge in [-0.2, -0.15) is 11.8 Å². The zero-order valence-corrected chi connectivity index (χ0v) is 34.2. The van der Waals surface area contributed by atoms with Crippen LogP contribution in [0.5, 0.6) is 0 Å². The van der Waals surface area contributed by atoms with Crippen LogP contribution >= 0.6 is 11.8 Å². The first kappa shape index (κ1) is 47.4. The summed E-state index contributed by atoms with van der Waals surface area (Å²) < 4.78 is 0. The van der Waals surface area contributed by atoms with Crippen molar-refractivity contribution in [1.82, 2.24) is 0 Å². The summed E-state index contributed by atoms with van der Waals surface area (Å²) in [5.41, 5.74) is 0.